The van der Waals surface area contributed by atoms with E-state index < -0.39 is 17.7 Å². The molecule has 0 saturated heterocycles. The van der Waals surface area contributed by atoms with Crippen molar-refractivity contribution in [2.24, 2.45) is 0 Å². The second-order valence-electron chi connectivity index (χ2n) is 3.55. The largest absolute Gasteiger partial charge is 0.386 e. The molecule has 0 fully saturated rings. The van der Waals surface area contributed by atoms with E-state index in [2.05, 4.69) is 9.97 Å². The van der Waals surface area contributed by atoms with Crippen LogP contribution in [0.3, 0.4) is 0 Å². The van der Waals surface area contributed by atoms with Crippen molar-refractivity contribution in [2.75, 3.05) is 0 Å². The van der Waals surface area contributed by atoms with Crippen LogP contribution in [-0.4, -0.2) is 15.1 Å². The van der Waals surface area contributed by atoms with Crippen molar-refractivity contribution in [2.45, 2.75) is 12.5 Å². The Hall–Kier alpha value is -1.88. The van der Waals surface area contributed by atoms with E-state index in [1.807, 2.05) is 0 Å². The molecule has 1 aromatic carbocycles. The minimum absolute atomic E-state index is 0.148. The van der Waals surface area contributed by atoms with Gasteiger partial charge in [-0.25, -0.2) is 8.78 Å². The third kappa shape index (κ3) is 2.62. The van der Waals surface area contributed by atoms with Gasteiger partial charge in [0.2, 0.25) is 0 Å². The van der Waals surface area contributed by atoms with Gasteiger partial charge in [-0.05, 0) is 12.1 Å². The minimum Gasteiger partial charge on any atom is -0.386 e. The van der Waals surface area contributed by atoms with Crippen LogP contribution in [0.15, 0.2) is 36.8 Å². The van der Waals surface area contributed by atoms with Crippen LogP contribution in [0, 0.1) is 11.6 Å². The maximum absolute atomic E-state index is 13.3. The number of hydrogen-bond acceptors (Lipinski definition) is 3. The van der Waals surface area contributed by atoms with Crippen LogP contribution in [0.4, 0.5) is 8.78 Å². The quantitative estimate of drug-likeness (QED) is 0.886. The van der Waals surface area contributed by atoms with Crippen molar-refractivity contribution in [3.8, 4) is 0 Å². The van der Waals surface area contributed by atoms with Crippen molar-refractivity contribution in [1.82, 2.24) is 9.97 Å². The predicted octanol–water partition coefficient (Wildman–Crippen LogP) is 2.03. The maximum Gasteiger partial charge on any atom is 0.129 e. The second-order valence-corrected chi connectivity index (χ2v) is 3.55. The molecule has 0 spiro atoms. The summed E-state index contributed by atoms with van der Waals surface area (Å²) in [5.74, 6) is -1.35. The van der Waals surface area contributed by atoms with Gasteiger partial charge in [-0.3, -0.25) is 9.97 Å². The van der Waals surface area contributed by atoms with E-state index in [0.29, 0.717) is 0 Å². The Kier molecular flexibility index (Phi) is 3.39. The van der Waals surface area contributed by atoms with Gasteiger partial charge in [-0.15, -0.1) is 0 Å². The highest BCUT2D eigenvalue weighted by atomic mass is 19.1. The number of aromatic nitrogens is 2. The van der Waals surface area contributed by atoms with Gasteiger partial charge < -0.3 is 5.11 Å². The topological polar surface area (TPSA) is 46.0 Å². The Balaban J connectivity index is 2.22. The van der Waals surface area contributed by atoms with Crippen LogP contribution in [0.1, 0.15) is 17.4 Å². The molecule has 0 aliphatic heterocycles. The summed E-state index contributed by atoms with van der Waals surface area (Å²) in [6, 6.07) is 3.59. The Morgan fingerprint density at radius 1 is 1.18 bits per heavy atom. The van der Waals surface area contributed by atoms with Gasteiger partial charge in [0.15, 0.2) is 0 Å². The van der Waals surface area contributed by atoms with Crippen molar-refractivity contribution in [1.29, 1.82) is 0 Å². The third-order valence-electron chi connectivity index (χ3n) is 2.38. The summed E-state index contributed by atoms with van der Waals surface area (Å²) in [7, 11) is 0. The number of rotatable bonds is 3. The van der Waals surface area contributed by atoms with Crippen molar-refractivity contribution < 1.29 is 13.9 Å². The lowest BCUT2D eigenvalue weighted by molar-refractivity contribution is 0.170. The van der Waals surface area contributed by atoms with Crippen LogP contribution in [0.2, 0.25) is 0 Å². The molecular weight excluding hydrogens is 226 g/mol. The van der Waals surface area contributed by atoms with Crippen LogP contribution in [-0.2, 0) is 6.42 Å². The molecule has 0 amide bonds. The Morgan fingerprint density at radius 2 is 1.88 bits per heavy atom. The molecule has 1 aromatic heterocycles. The zero-order valence-corrected chi connectivity index (χ0v) is 8.85. The zero-order chi connectivity index (χ0) is 12.3. The standard InChI is InChI=1S/C12H10F2N2O/c13-9-2-1-3-10(14)8(9)6-12(17)11-7-15-4-5-16-11/h1-5,7,12,17H,6H2. The van der Waals surface area contributed by atoms with E-state index in [9.17, 15) is 13.9 Å². The lowest BCUT2D eigenvalue weighted by Crippen LogP contribution is -2.07. The summed E-state index contributed by atoms with van der Waals surface area (Å²) in [5.41, 5.74) is 0.140. The van der Waals surface area contributed by atoms with Crippen molar-refractivity contribution in [3.05, 3.63) is 59.7 Å². The monoisotopic (exact) mass is 236 g/mol. The number of nitrogens with zero attached hydrogens (tertiary/aromatic N) is 2. The highest BCUT2D eigenvalue weighted by Crippen LogP contribution is 2.20. The summed E-state index contributed by atoms with van der Waals surface area (Å²) < 4.78 is 26.7. The molecule has 88 valence electrons. The fourth-order valence-corrected chi connectivity index (χ4v) is 1.51. The highest BCUT2D eigenvalue weighted by Gasteiger charge is 2.16. The molecule has 3 nitrogen and oxygen atoms in total. The first kappa shape index (κ1) is 11.6. The maximum atomic E-state index is 13.3. The van der Waals surface area contributed by atoms with E-state index in [1.165, 1.54) is 24.7 Å². The fourth-order valence-electron chi connectivity index (χ4n) is 1.51. The van der Waals surface area contributed by atoms with E-state index in [4.69, 9.17) is 0 Å². The second kappa shape index (κ2) is 4.97. The average molecular weight is 236 g/mol. The first-order valence-corrected chi connectivity index (χ1v) is 5.05. The molecule has 2 rings (SSSR count). The van der Waals surface area contributed by atoms with Gasteiger partial charge in [-0.1, -0.05) is 6.07 Å². The molecule has 0 saturated carbocycles. The van der Waals surface area contributed by atoms with E-state index in [1.54, 1.807) is 0 Å². The van der Waals surface area contributed by atoms with Gasteiger partial charge in [0.1, 0.15) is 17.7 Å². The van der Waals surface area contributed by atoms with Crippen LogP contribution in [0.25, 0.3) is 0 Å². The van der Waals surface area contributed by atoms with Crippen LogP contribution >= 0.6 is 0 Å². The molecule has 0 radical (unpaired) electrons. The predicted molar refractivity (Wildman–Crippen MR) is 57.1 cm³/mol. The first-order chi connectivity index (χ1) is 8.18. The molecule has 0 aliphatic rings. The summed E-state index contributed by atoms with van der Waals surface area (Å²) in [6.07, 6.45) is 2.99. The Labute approximate surface area is 96.8 Å². The van der Waals surface area contributed by atoms with E-state index in [0.717, 1.165) is 12.1 Å². The van der Waals surface area contributed by atoms with Crippen LogP contribution in [0.5, 0.6) is 0 Å². The first-order valence-electron chi connectivity index (χ1n) is 5.05. The average Bonchev–Trinajstić information content (AvgIpc) is 2.35. The van der Waals surface area contributed by atoms with Gasteiger partial charge in [0.05, 0.1) is 11.9 Å². The van der Waals surface area contributed by atoms with Gasteiger partial charge in [0.25, 0.3) is 0 Å². The molecular formula is C12H10F2N2O. The number of hydrogen-bond donors (Lipinski definition) is 1. The zero-order valence-electron chi connectivity index (χ0n) is 8.85. The number of halogens is 2. The summed E-state index contributed by atoms with van der Waals surface area (Å²) in [5, 5.41) is 9.79. The lowest BCUT2D eigenvalue weighted by Gasteiger charge is -2.10. The molecule has 1 unspecified atom stereocenters. The van der Waals surface area contributed by atoms with Gasteiger partial charge in [-0.2, -0.15) is 0 Å². The van der Waals surface area contributed by atoms with E-state index >= 15 is 0 Å². The molecule has 17 heavy (non-hydrogen) atoms. The van der Waals surface area contributed by atoms with Gasteiger partial charge in [0, 0.05) is 24.4 Å². The third-order valence-corrected chi connectivity index (χ3v) is 2.38. The smallest absolute Gasteiger partial charge is 0.129 e. The van der Waals surface area contributed by atoms with E-state index in [-0.39, 0.29) is 17.7 Å². The molecule has 1 heterocycles. The SMILES string of the molecule is OC(Cc1c(F)cccc1F)c1cnccn1. The number of aliphatic hydroxyl groups is 1. The lowest BCUT2D eigenvalue weighted by atomic mass is 10.0. The molecule has 5 heteroatoms. The number of benzene rings is 1. The minimum atomic E-state index is -1.07. The fraction of sp³-hybridized carbons (Fsp3) is 0.167. The molecule has 2 aromatic rings. The Bertz CT molecular complexity index is 485. The van der Waals surface area contributed by atoms with Crippen LogP contribution < -0.4 is 0 Å². The van der Waals surface area contributed by atoms with Gasteiger partial charge >= 0.3 is 0 Å². The summed E-state index contributed by atoms with van der Waals surface area (Å²) in [6.45, 7) is 0. The normalized spacial score (nSPS) is 12.4. The summed E-state index contributed by atoms with van der Waals surface area (Å²) in [4.78, 5) is 7.66. The summed E-state index contributed by atoms with van der Waals surface area (Å²) >= 11 is 0. The molecule has 1 atom stereocenters. The number of aliphatic hydroxyl groups excluding tert-OH is 1. The molecule has 0 bridgehead atoms. The molecule has 1 N–H and O–H groups in total. The van der Waals surface area contributed by atoms with Crippen molar-refractivity contribution >= 4 is 0 Å². The van der Waals surface area contributed by atoms with Crippen molar-refractivity contribution in [3.63, 3.8) is 0 Å². The highest BCUT2D eigenvalue weighted by molar-refractivity contribution is 5.21. The Morgan fingerprint density at radius 3 is 2.47 bits per heavy atom. The molecule has 0 aliphatic carbocycles.